The van der Waals surface area contributed by atoms with Crippen molar-refractivity contribution in [2.24, 2.45) is 4.99 Å². The van der Waals surface area contributed by atoms with Crippen molar-refractivity contribution in [3.8, 4) is 5.75 Å². The van der Waals surface area contributed by atoms with E-state index < -0.39 is 0 Å². The number of hydrogen-bond acceptors (Lipinski definition) is 5. The van der Waals surface area contributed by atoms with E-state index in [4.69, 9.17) is 9.26 Å². The average Bonchev–Trinajstić information content (AvgIpc) is 2.98. The van der Waals surface area contributed by atoms with E-state index >= 15 is 0 Å². The molecule has 0 amide bonds. The third-order valence-electron chi connectivity index (χ3n) is 3.40. The van der Waals surface area contributed by atoms with E-state index in [0.29, 0.717) is 31.2 Å². The zero-order chi connectivity index (χ0) is 17.4. The van der Waals surface area contributed by atoms with Crippen LogP contribution in [0.2, 0.25) is 0 Å². The first-order chi connectivity index (χ1) is 11.6. The Labute approximate surface area is 142 Å². The van der Waals surface area contributed by atoms with Crippen LogP contribution in [0.25, 0.3) is 0 Å². The van der Waals surface area contributed by atoms with Gasteiger partial charge in [0.1, 0.15) is 5.75 Å². The Morgan fingerprint density at radius 2 is 2.12 bits per heavy atom. The van der Waals surface area contributed by atoms with Crippen molar-refractivity contribution in [3.63, 3.8) is 0 Å². The van der Waals surface area contributed by atoms with Gasteiger partial charge >= 0.3 is 0 Å². The number of rotatable bonds is 7. The van der Waals surface area contributed by atoms with Gasteiger partial charge in [0, 0.05) is 25.1 Å². The molecule has 0 radical (unpaired) electrons. The van der Waals surface area contributed by atoms with Gasteiger partial charge in [-0.05, 0) is 32.4 Å². The predicted octanol–water partition coefficient (Wildman–Crippen LogP) is 1.99. The molecule has 24 heavy (non-hydrogen) atoms. The molecule has 2 aromatic rings. The van der Waals surface area contributed by atoms with E-state index in [2.05, 4.69) is 31.8 Å². The Bertz CT molecular complexity index is 681. The second kappa shape index (κ2) is 8.90. The minimum absolute atomic E-state index is 0.540. The van der Waals surface area contributed by atoms with E-state index in [0.717, 1.165) is 23.8 Å². The summed E-state index contributed by atoms with van der Waals surface area (Å²) in [5.41, 5.74) is 2.22. The molecule has 1 heterocycles. The van der Waals surface area contributed by atoms with Gasteiger partial charge in [-0.1, -0.05) is 17.3 Å². The summed E-state index contributed by atoms with van der Waals surface area (Å²) < 4.78 is 10.5. The van der Waals surface area contributed by atoms with Crippen molar-refractivity contribution in [1.29, 1.82) is 0 Å². The minimum Gasteiger partial charge on any atom is -0.496 e. The van der Waals surface area contributed by atoms with Crippen molar-refractivity contribution < 1.29 is 9.26 Å². The van der Waals surface area contributed by atoms with Crippen LogP contribution in [0.5, 0.6) is 5.75 Å². The molecule has 0 aliphatic carbocycles. The van der Waals surface area contributed by atoms with Gasteiger partial charge in [-0.25, -0.2) is 4.99 Å². The van der Waals surface area contributed by atoms with Crippen molar-refractivity contribution in [1.82, 2.24) is 20.8 Å². The Kier molecular flexibility index (Phi) is 6.60. The van der Waals surface area contributed by atoms with Crippen LogP contribution >= 0.6 is 0 Å². The summed E-state index contributed by atoms with van der Waals surface area (Å²) in [6.07, 6.45) is 0.652. The second-order valence-corrected chi connectivity index (χ2v) is 5.42. The zero-order valence-electron chi connectivity index (χ0n) is 14.7. The van der Waals surface area contributed by atoms with Gasteiger partial charge in [0.15, 0.2) is 11.8 Å². The van der Waals surface area contributed by atoms with Crippen molar-refractivity contribution in [2.45, 2.75) is 33.7 Å². The zero-order valence-corrected chi connectivity index (χ0v) is 14.7. The van der Waals surface area contributed by atoms with Crippen LogP contribution in [0.4, 0.5) is 0 Å². The van der Waals surface area contributed by atoms with Crippen LogP contribution in [-0.2, 0) is 13.0 Å². The summed E-state index contributed by atoms with van der Waals surface area (Å²) in [4.78, 5) is 8.79. The molecule has 1 aromatic heterocycles. The van der Waals surface area contributed by atoms with Crippen molar-refractivity contribution in [2.75, 3.05) is 20.2 Å². The standard InChI is InChI=1S/C17H25N5O2/c1-5-18-17(19-9-8-16-21-13(3)22-24-16)20-11-14-7-6-12(2)10-15(14)23-4/h6-7,10H,5,8-9,11H2,1-4H3,(H2,18,19,20). The summed E-state index contributed by atoms with van der Waals surface area (Å²) in [7, 11) is 1.68. The molecule has 130 valence electrons. The third-order valence-corrected chi connectivity index (χ3v) is 3.40. The molecule has 7 heteroatoms. The summed E-state index contributed by atoms with van der Waals surface area (Å²) in [6.45, 7) is 7.87. The van der Waals surface area contributed by atoms with Gasteiger partial charge in [-0.3, -0.25) is 0 Å². The normalized spacial score (nSPS) is 11.4. The fourth-order valence-corrected chi connectivity index (χ4v) is 2.22. The monoisotopic (exact) mass is 331 g/mol. The van der Waals surface area contributed by atoms with Crippen LogP contribution in [0.15, 0.2) is 27.7 Å². The quantitative estimate of drug-likeness (QED) is 0.596. The van der Waals surface area contributed by atoms with E-state index in [1.807, 2.05) is 26.0 Å². The lowest BCUT2D eigenvalue weighted by atomic mass is 10.1. The predicted molar refractivity (Wildman–Crippen MR) is 93.3 cm³/mol. The molecular formula is C17H25N5O2. The van der Waals surface area contributed by atoms with E-state index in [-0.39, 0.29) is 0 Å². The molecule has 7 nitrogen and oxygen atoms in total. The molecule has 0 atom stereocenters. The van der Waals surface area contributed by atoms with Crippen LogP contribution in [0, 0.1) is 13.8 Å². The lowest BCUT2D eigenvalue weighted by Crippen LogP contribution is -2.38. The number of methoxy groups -OCH3 is 1. The highest BCUT2D eigenvalue weighted by molar-refractivity contribution is 5.79. The Morgan fingerprint density at radius 3 is 2.79 bits per heavy atom. The maximum atomic E-state index is 5.42. The van der Waals surface area contributed by atoms with Gasteiger partial charge in [0.25, 0.3) is 0 Å². The Hall–Kier alpha value is -2.57. The largest absolute Gasteiger partial charge is 0.496 e. The topological polar surface area (TPSA) is 84.6 Å². The second-order valence-electron chi connectivity index (χ2n) is 5.42. The fourth-order valence-electron chi connectivity index (χ4n) is 2.22. The number of aryl methyl sites for hydroxylation is 2. The average molecular weight is 331 g/mol. The first kappa shape index (κ1) is 17.8. The first-order valence-corrected chi connectivity index (χ1v) is 8.07. The summed E-state index contributed by atoms with van der Waals surface area (Å²) in [6, 6.07) is 6.12. The number of aromatic nitrogens is 2. The molecule has 0 saturated carbocycles. The van der Waals surface area contributed by atoms with Crippen LogP contribution in [0.1, 0.15) is 29.8 Å². The number of hydrogen-bond donors (Lipinski definition) is 2. The van der Waals surface area contributed by atoms with Gasteiger partial charge < -0.3 is 19.9 Å². The fraction of sp³-hybridized carbons (Fsp3) is 0.471. The molecule has 0 unspecified atom stereocenters. The number of aliphatic imine (C=N–C) groups is 1. The van der Waals surface area contributed by atoms with Crippen LogP contribution < -0.4 is 15.4 Å². The highest BCUT2D eigenvalue weighted by atomic mass is 16.5. The smallest absolute Gasteiger partial charge is 0.228 e. The molecule has 0 aliphatic rings. The summed E-state index contributed by atoms with van der Waals surface area (Å²) in [5, 5.41) is 10.3. The summed E-state index contributed by atoms with van der Waals surface area (Å²) >= 11 is 0. The lowest BCUT2D eigenvalue weighted by Gasteiger charge is -2.12. The molecule has 0 fully saturated rings. The molecule has 0 spiro atoms. The molecule has 2 N–H and O–H groups in total. The molecule has 0 saturated heterocycles. The van der Waals surface area contributed by atoms with Crippen LogP contribution in [-0.4, -0.2) is 36.3 Å². The van der Waals surface area contributed by atoms with E-state index in [1.165, 1.54) is 5.56 Å². The van der Waals surface area contributed by atoms with Gasteiger partial charge in [0.05, 0.1) is 13.7 Å². The summed E-state index contributed by atoms with van der Waals surface area (Å²) in [5.74, 6) is 2.88. The van der Waals surface area contributed by atoms with Gasteiger partial charge in [0.2, 0.25) is 5.89 Å². The van der Waals surface area contributed by atoms with Crippen molar-refractivity contribution in [3.05, 3.63) is 41.0 Å². The maximum Gasteiger partial charge on any atom is 0.228 e. The number of nitrogens with one attached hydrogen (secondary N) is 2. The third kappa shape index (κ3) is 5.26. The number of nitrogens with zero attached hydrogens (tertiary/aromatic N) is 3. The van der Waals surface area contributed by atoms with Crippen molar-refractivity contribution >= 4 is 5.96 Å². The minimum atomic E-state index is 0.540. The SMILES string of the molecule is CCNC(=NCc1ccc(C)cc1OC)NCCc1nc(C)no1. The number of guanidine groups is 1. The lowest BCUT2D eigenvalue weighted by molar-refractivity contribution is 0.374. The molecule has 0 bridgehead atoms. The van der Waals surface area contributed by atoms with E-state index in [1.54, 1.807) is 14.0 Å². The van der Waals surface area contributed by atoms with E-state index in [9.17, 15) is 0 Å². The molecular weight excluding hydrogens is 306 g/mol. The molecule has 2 rings (SSSR count). The molecule has 0 aliphatic heterocycles. The van der Waals surface area contributed by atoms with Gasteiger partial charge in [-0.2, -0.15) is 4.98 Å². The molecule has 1 aromatic carbocycles. The number of benzene rings is 1. The Balaban J connectivity index is 1.94. The first-order valence-electron chi connectivity index (χ1n) is 8.07. The number of ether oxygens (including phenoxy) is 1. The highest BCUT2D eigenvalue weighted by Gasteiger charge is 2.05. The maximum absolute atomic E-state index is 5.42. The van der Waals surface area contributed by atoms with Crippen LogP contribution in [0.3, 0.4) is 0 Å². The Morgan fingerprint density at radius 1 is 1.29 bits per heavy atom. The van der Waals surface area contributed by atoms with Gasteiger partial charge in [-0.15, -0.1) is 0 Å². The highest BCUT2D eigenvalue weighted by Crippen LogP contribution is 2.20.